The van der Waals surface area contributed by atoms with Crippen LogP contribution in [0.4, 0.5) is 0 Å². The minimum absolute atomic E-state index is 0.262. The molecule has 1 aliphatic heterocycles. The van der Waals surface area contributed by atoms with Crippen LogP contribution in [0.25, 0.3) is 11.5 Å². The minimum Gasteiger partial charge on any atom is -0.342 e. The second kappa shape index (κ2) is 9.45. The molecule has 3 aromatic rings. The predicted molar refractivity (Wildman–Crippen MR) is 110 cm³/mol. The fourth-order valence-corrected chi connectivity index (χ4v) is 3.88. The molecule has 0 radical (unpaired) electrons. The number of piperidine rings is 1. The van der Waals surface area contributed by atoms with Crippen molar-refractivity contribution < 1.29 is 9.32 Å². The molecule has 1 atom stereocenters. The Balaban J connectivity index is 1.26. The van der Waals surface area contributed by atoms with Crippen molar-refractivity contribution in [3.8, 4) is 11.5 Å². The Morgan fingerprint density at radius 1 is 1.10 bits per heavy atom. The van der Waals surface area contributed by atoms with Crippen LogP contribution in [0.3, 0.4) is 0 Å². The second-order valence-corrected chi connectivity index (χ2v) is 7.62. The molecule has 0 saturated carbocycles. The number of nitrogens with zero attached hydrogens (tertiary/aromatic N) is 4. The number of pyridine rings is 1. The number of aryl methyl sites for hydroxylation is 2. The smallest absolute Gasteiger partial charge is 0.258 e. The Labute approximate surface area is 171 Å². The van der Waals surface area contributed by atoms with E-state index < -0.39 is 0 Å². The maximum atomic E-state index is 12.6. The van der Waals surface area contributed by atoms with Gasteiger partial charge >= 0.3 is 0 Å². The third-order valence-corrected chi connectivity index (χ3v) is 5.51. The third-order valence-electron chi connectivity index (χ3n) is 5.51. The van der Waals surface area contributed by atoms with Crippen LogP contribution < -0.4 is 0 Å². The molecule has 3 heterocycles. The average molecular weight is 390 g/mol. The van der Waals surface area contributed by atoms with E-state index in [0.29, 0.717) is 18.2 Å². The Morgan fingerprint density at radius 2 is 1.93 bits per heavy atom. The molecule has 0 aliphatic carbocycles. The molecule has 1 fully saturated rings. The Hall–Kier alpha value is -3.02. The van der Waals surface area contributed by atoms with Gasteiger partial charge in [0.05, 0.1) is 0 Å². The van der Waals surface area contributed by atoms with Crippen molar-refractivity contribution in [2.75, 3.05) is 13.1 Å². The summed E-state index contributed by atoms with van der Waals surface area (Å²) in [5.41, 5.74) is 2.10. The molecule has 6 nitrogen and oxygen atoms in total. The molecule has 150 valence electrons. The van der Waals surface area contributed by atoms with Crippen LogP contribution >= 0.6 is 0 Å². The molecule has 1 amide bonds. The van der Waals surface area contributed by atoms with E-state index in [-0.39, 0.29) is 5.91 Å². The van der Waals surface area contributed by atoms with Gasteiger partial charge in [-0.25, -0.2) is 0 Å². The SMILES string of the molecule is O=C(CCc1ccccc1)N1CCCC(CCc2noc(-c3ccncc3)n2)C1. The van der Waals surface area contributed by atoms with E-state index in [0.717, 1.165) is 56.6 Å². The van der Waals surface area contributed by atoms with Gasteiger partial charge in [0.25, 0.3) is 5.89 Å². The fraction of sp³-hybridized carbons (Fsp3) is 0.391. The van der Waals surface area contributed by atoms with Gasteiger partial charge in [-0.2, -0.15) is 4.98 Å². The van der Waals surface area contributed by atoms with Crippen LogP contribution in [-0.2, 0) is 17.6 Å². The first-order chi connectivity index (χ1) is 14.3. The first-order valence-electron chi connectivity index (χ1n) is 10.3. The number of hydrogen-bond acceptors (Lipinski definition) is 5. The topological polar surface area (TPSA) is 72.1 Å². The summed E-state index contributed by atoms with van der Waals surface area (Å²) < 4.78 is 5.37. The molecule has 1 aromatic carbocycles. The summed E-state index contributed by atoms with van der Waals surface area (Å²) in [6, 6.07) is 13.9. The summed E-state index contributed by atoms with van der Waals surface area (Å²) in [4.78, 5) is 23.2. The second-order valence-electron chi connectivity index (χ2n) is 7.62. The van der Waals surface area contributed by atoms with Crippen molar-refractivity contribution in [1.29, 1.82) is 0 Å². The Bertz CT molecular complexity index is 911. The lowest BCUT2D eigenvalue weighted by Crippen LogP contribution is -2.40. The standard InChI is InChI=1S/C23H26N4O2/c28-22(11-9-18-5-2-1-3-6-18)27-16-4-7-19(17-27)8-10-21-25-23(29-26-21)20-12-14-24-15-13-20/h1-3,5-6,12-15,19H,4,7-11,16-17H2. The molecule has 29 heavy (non-hydrogen) atoms. The molecule has 0 spiro atoms. The summed E-state index contributed by atoms with van der Waals surface area (Å²) in [7, 11) is 0. The van der Waals surface area contributed by atoms with Crippen LogP contribution in [0.2, 0.25) is 0 Å². The highest BCUT2D eigenvalue weighted by molar-refractivity contribution is 5.76. The first kappa shape index (κ1) is 19.3. The molecule has 6 heteroatoms. The summed E-state index contributed by atoms with van der Waals surface area (Å²) in [5.74, 6) is 2.01. The van der Waals surface area contributed by atoms with Gasteiger partial charge in [-0.05, 0) is 49.3 Å². The lowest BCUT2D eigenvalue weighted by molar-refractivity contribution is -0.133. The number of likely N-dealkylation sites (tertiary alicyclic amines) is 1. The van der Waals surface area contributed by atoms with Crippen molar-refractivity contribution in [3.63, 3.8) is 0 Å². The molecule has 1 unspecified atom stereocenters. The molecule has 0 bridgehead atoms. The number of aromatic nitrogens is 3. The highest BCUT2D eigenvalue weighted by Gasteiger charge is 2.24. The van der Waals surface area contributed by atoms with Crippen molar-refractivity contribution in [1.82, 2.24) is 20.0 Å². The number of carbonyl (C=O) groups excluding carboxylic acids is 1. The number of hydrogen-bond donors (Lipinski definition) is 0. The van der Waals surface area contributed by atoms with Gasteiger partial charge in [-0.15, -0.1) is 0 Å². The molecule has 2 aromatic heterocycles. The van der Waals surface area contributed by atoms with Crippen molar-refractivity contribution in [3.05, 3.63) is 66.2 Å². The largest absolute Gasteiger partial charge is 0.342 e. The van der Waals surface area contributed by atoms with E-state index in [1.807, 2.05) is 35.2 Å². The molecule has 0 N–H and O–H groups in total. The number of benzene rings is 1. The van der Waals surface area contributed by atoms with E-state index in [1.54, 1.807) is 12.4 Å². The highest BCUT2D eigenvalue weighted by atomic mass is 16.5. The number of carbonyl (C=O) groups is 1. The van der Waals surface area contributed by atoms with Gasteiger partial charge in [-0.1, -0.05) is 35.5 Å². The van der Waals surface area contributed by atoms with E-state index in [2.05, 4.69) is 27.3 Å². The van der Waals surface area contributed by atoms with Gasteiger partial charge < -0.3 is 9.42 Å². The minimum atomic E-state index is 0.262. The zero-order valence-corrected chi connectivity index (χ0v) is 16.5. The summed E-state index contributed by atoms with van der Waals surface area (Å²) >= 11 is 0. The lowest BCUT2D eigenvalue weighted by atomic mass is 9.93. The molecular weight excluding hydrogens is 364 g/mol. The van der Waals surface area contributed by atoms with Gasteiger partial charge in [0.2, 0.25) is 5.91 Å². The highest BCUT2D eigenvalue weighted by Crippen LogP contribution is 2.23. The number of rotatable bonds is 7. The fourth-order valence-electron chi connectivity index (χ4n) is 3.88. The van der Waals surface area contributed by atoms with Crippen LogP contribution in [-0.4, -0.2) is 39.0 Å². The first-order valence-corrected chi connectivity index (χ1v) is 10.3. The van der Waals surface area contributed by atoms with Crippen molar-refractivity contribution >= 4 is 5.91 Å². The lowest BCUT2D eigenvalue weighted by Gasteiger charge is -2.32. The monoisotopic (exact) mass is 390 g/mol. The van der Waals surface area contributed by atoms with Crippen LogP contribution in [0.15, 0.2) is 59.4 Å². The van der Waals surface area contributed by atoms with Gasteiger partial charge in [0, 0.05) is 43.9 Å². The van der Waals surface area contributed by atoms with Crippen LogP contribution in [0, 0.1) is 5.92 Å². The van der Waals surface area contributed by atoms with Crippen LogP contribution in [0.1, 0.15) is 37.1 Å². The van der Waals surface area contributed by atoms with Crippen molar-refractivity contribution in [2.24, 2.45) is 5.92 Å². The quantitative estimate of drug-likeness (QED) is 0.611. The summed E-state index contributed by atoms with van der Waals surface area (Å²) in [6.45, 7) is 1.71. The summed E-state index contributed by atoms with van der Waals surface area (Å²) in [5, 5.41) is 4.11. The molecule has 4 rings (SSSR count). The van der Waals surface area contributed by atoms with E-state index in [1.165, 1.54) is 5.56 Å². The third kappa shape index (κ3) is 5.28. The molecule has 1 saturated heterocycles. The Kier molecular flexibility index (Phi) is 6.29. The van der Waals surface area contributed by atoms with E-state index in [9.17, 15) is 4.79 Å². The van der Waals surface area contributed by atoms with Gasteiger partial charge in [0.15, 0.2) is 5.82 Å². The normalized spacial score (nSPS) is 16.7. The molecular formula is C23H26N4O2. The maximum Gasteiger partial charge on any atom is 0.258 e. The van der Waals surface area contributed by atoms with E-state index >= 15 is 0 Å². The average Bonchev–Trinajstić information content (AvgIpc) is 3.27. The number of amides is 1. The zero-order valence-electron chi connectivity index (χ0n) is 16.5. The maximum absolute atomic E-state index is 12.6. The van der Waals surface area contributed by atoms with Gasteiger partial charge in [-0.3, -0.25) is 9.78 Å². The Morgan fingerprint density at radius 3 is 2.76 bits per heavy atom. The van der Waals surface area contributed by atoms with Gasteiger partial charge in [0.1, 0.15) is 0 Å². The molecule has 1 aliphatic rings. The van der Waals surface area contributed by atoms with Crippen molar-refractivity contribution in [2.45, 2.75) is 38.5 Å². The predicted octanol–water partition coefficient (Wildman–Crippen LogP) is 3.94. The van der Waals surface area contributed by atoms with Crippen LogP contribution in [0.5, 0.6) is 0 Å². The summed E-state index contributed by atoms with van der Waals surface area (Å²) in [6.07, 6.45) is 8.77. The van der Waals surface area contributed by atoms with E-state index in [4.69, 9.17) is 4.52 Å². The zero-order chi connectivity index (χ0) is 19.9.